The average Bonchev–Trinajstić information content (AvgIpc) is 2.49. The van der Waals surface area contributed by atoms with Crippen molar-refractivity contribution >= 4 is 21.4 Å². The van der Waals surface area contributed by atoms with Gasteiger partial charge in [-0.2, -0.15) is 0 Å². The first-order valence-electron chi connectivity index (χ1n) is 7.03. The zero-order chi connectivity index (χ0) is 16.3. The number of rotatable bonds is 4. The number of benzene rings is 2. The van der Waals surface area contributed by atoms with E-state index in [9.17, 15) is 13.2 Å². The van der Waals surface area contributed by atoms with Crippen LogP contribution in [-0.2, 0) is 9.84 Å². The predicted octanol–water partition coefficient (Wildman–Crippen LogP) is 3.43. The lowest BCUT2D eigenvalue weighted by Gasteiger charge is -2.13. The van der Waals surface area contributed by atoms with Crippen LogP contribution >= 0.6 is 0 Å². The van der Waals surface area contributed by atoms with Crippen molar-refractivity contribution < 1.29 is 13.2 Å². The Morgan fingerprint density at radius 3 is 2.18 bits per heavy atom. The molecule has 1 amide bonds. The van der Waals surface area contributed by atoms with Crippen LogP contribution in [0.25, 0.3) is 0 Å². The maximum Gasteiger partial charge on any atom is 0.256 e. The van der Waals surface area contributed by atoms with Gasteiger partial charge in [-0.15, -0.1) is 0 Å². The Morgan fingerprint density at radius 1 is 1.00 bits per heavy atom. The highest BCUT2D eigenvalue weighted by Crippen LogP contribution is 2.21. The Hall–Kier alpha value is -2.14. The van der Waals surface area contributed by atoms with Crippen LogP contribution in [-0.4, -0.2) is 19.6 Å². The SMILES string of the molecule is Cc1ccc(NC(=O)c2ccccc2S(=O)(=O)C(C)C)cc1. The molecule has 0 bridgehead atoms. The summed E-state index contributed by atoms with van der Waals surface area (Å²) < 4.78 is 24.7. The molecule has 0 atom stereocenters. The number of carbonyl (C=O) groups is 1. The molecule has 0 fully saturated rings. The molecule has 0 aliphatic heterocycles. The molecule has 0 spiro atoms. The van der Waals surface area contributed by atoms with Gasteiger partial charge in [0.25, 0.3) is 5.91 Å². The van der Waals surface area contributed by atoms with Crippen LogP contribution in [0, 0.1) is 6.92 Å². The Morgan fingerprint density at radius 2 is 1.59 bits per heavy atom. The molecule has 0 saturated carbocycles. The van der Waals surface area contributed by atoms with Crippen molar-refractivity contribution in [3.05, 3.63) is 59.7 Å². The second-order valence-electron chi connectivity index (χ2n) is 5.41. The van der Waals surface area contributed by atoms with Gasteiger partial charge in [0, 0.05) is 5.69 Å². The maximum atomic E-state index is 12.4. The van der Waals surface area contributed by atoms with Crippen LogP contribution in [0.4, 0.5) is 5.69 Å². The number of anilines is 1. The molecule has 0 saturated heterocycles. The number of amides is 1. The number of hydrogen-bond acceptors (Lipinski definition) is 3. The second-order valence-corrected chi connectivity index (χ2v) is 7.88. The number of aryl methyl sites for hydroxylation is 1. The van der Waals surface area contributed by atoms with Gasteiger partial charge < -0.3 is 5.32 Å². The first kappa shape index (κ1) is 16.2. The van der Waals surface area contributed by atoms with Gasteiger partial charge in [-0.05, 0) is 45.0 Å². The van der Waals surface area contributed by atoms with Crippen molar-refractivity contribution in [2.75, 3.05) is 5.32 Å². The second kappa shape index (κ2) is 6.32. The fourth-order valence-electron chi connectivity index (χ4n) is 1.99. The van der Waals surface area contributed by atoms with Crippen LogP contribution in [0.1, 0.15) is 29.8 Å². The Kier molecular flexibility index (Phi) is 4.66. The van der Waals surface area contributed by atoms with Crippen LogP contribution in [0.15, 0.2) is 53.4 Å². The topological polar surface area (TPSA) is 63.2 Å². The summed E-state index contributed by atoms with van der Waals surface area (Å²) in [6.07, 6.45) is 0. The summed E-state index contributed by atoms with van der Waals surface area (Å²) in [7, 11) is -3.51. The molecule has 5 heteroatoms. The smallest absolute Gasteiger partial charge is 0.256 e. The third-order valence-corrected chi connectivity index (χ3v) is 5.58. The third kappa shape index (κ3) is 3.36. The minimum absolute atomic E-state index is 0.0645. The molecule has 2 aromatic carbocycles. The highest BCUT2D eigenvalue weighted by Gasteiger charge is 2.25. The number of carbonyl (C=O) groups excluding carboxylic acids is 1. The summed E-state index contributed by atoms with van der Waals surface area (Å²) in [5.74, 6) is -0.427. The molecular weight excluding hydrogens is 298 g/mol. The van der Waals surface area contributed by atoms with Gasteiger partial charge in [0.2, 0.25) is 0 Å². The van der Waals surface area contributed by atoms with E-state index >= 15 is 0 Å². The fourth-order valence-corrected chi connectivity index (χ4v) is 3.23. The van der Waals surface area contributed by atoms with Crippen LogP contribution in [0.3, 0.4) is 0 Å². The lowest BCUT2D eigenvalue weighted by molar-refractivity contribution is 0.102. The molecule has 0 aliphatic carbocycles. The quantitative estimate of drug-likeness (QED) is 0.939. The van der Waals surface area contributed by atoms with Crippen molar-refractivity contribution in [3.8, 4) is 0 Å². The number of nitrogens with one attached hydrogen (secondary N) is 1. The summed E-state index contributed by atoms with van der Waals surface area (Å²) in [5, 5.41) is 2.15. The van der Waals surface area contributed by atoms with Crippen LogP contribution in [0.2, 0.25) is 0 Å². The minimum Gasteiger partial charge on any atom is -0.322 e. The summed E-state index contributed by atoms with van der Waals surface area (Å²) in [6, 6.07) is 13.6. The molecule has 0 radical (unpaired) electrons. The van der Waals surface area contributed by atoms with E-state index in [-0.39, 0.29) is 10.5 Å². The van der Waals surface area contributed by atoms with E-state index in [1.54, 1.807) is 38.1 Å². The Labute approximate surface area is 131 Å². The van der Waals surface area contributed by atoms with Crippen molar-refractivity contribution in [1.29, 1.82) is 0 Å². The standard InChI is InChI=1S/C17H19NO3S/c1-12(2)22(20,21)16-7-5-4-6-15(16)17(19)18-14-10-8-13(3)9-11-14/h4-12H,1-3H3,(H,18,19). The fraction of sp³-hybridized carbons (Fsp3) is 0.235. The lowest BCUT2D eigenvalue weighted by atomic mass is 10.2. The molecule has 2 rings (SSSR count). The van der Waals surface area contributed by atoms with E-state index in [1.807, 2.05) is 19.1 Å². The van der Waals surface area contributed by atoms with Crippen LogP contribution in [0.5, 0.6) is 0 Å². The van der Waals surface area contributed by atoms with E-state index in [4.69, 9.17) is 0 Å². The van der Waals surface area contributed by atoms with Gasteiger partial charge in [0.15, 0.2) is 9.84 Å². The van der Waals surface area contributed by atoms with E-state index < -0.39 is 21.0 Å². The largest absolute Gasteiger partial charge is 0.322 e. The van der Waals surface area contributed by atoms with Gasteiger partial charge in [-0.3, -0.25) is 4.79 Å². The molecule has 2 aromatic rings. The highest BCUT2D eigenvalue weighted by molar-refractivity contribution is 7.92. The van der Waals surface area contributed by atoms with E-state index in [2.05, 4.69) is 5.32 Å². The highest BCUT2D eigenvalue weighted by atomic mass is 32.2. The van der Waals surface area contributed by atoms with E-state index in [0.717, 1.165) is 5.56 Å². The molecular formula is C17H19NO3S. The predicted molar refractivity (Wildman–Crippen MR) is 87.9 cm³/mol. The Balaban J connectivity index is 2.37. The summed E-state index contributed by atoms with van der Waals surface area (Å²) in [6.45, 7) is 5.16. The lowest BCUT2D eigenvalue weighted by Crippen LogP contribution is -2.20. The van der Waals surface area contributed by atoms with Gasteiger partial charge in [0.1, 0.15) is 0 Å². The van der Waals surface area contributed by atoms with Crippen molar-refractivity contribution in [3.63, 3.8) is 0 Å². The van der Waals surface area contributed by atoms with Gasteiger partial charge in [0.05, 0.1) is 15.7 Å². The zero-order valence-corrected chi connectivity index (χ0v) is 13.6. The maximum absolute atomic E-state index is 12.4. The summed E-state index contributed by atoms with van der Waals surface area (Å²) in [4.78, 5) is 12.5. The summed E-state index contributed by atoms with van der Waals surface area (Å²) >= 11 is 0. The van der Waals surface area contributed by atoms with Crippen molar-refractivity contribution in [2.24, 2.45) is 0 Å². The third-order valence-electron chi connectivity index (χ3n) is 3.37. The average molecular weight is 317 g/mol. The first-order chi connectivity index (χ1) is 10.3. The zero-order valence-electron chi connectivity index (χ0n) is 12.8. The minimum atomic E-state index is -3.51. The van der Waals surface area contributed by atoms with Gasteiger partial charge in [-0.25, -0.2) is 8.42 Å². The molecule has 1 N–H and O–H groups in total. The Bertz CT molecular complexity index is 778. The number of sulfone groups is 1. The molecule has 116 valence electrons. The van der Waals surface area contributed by atoms with Crippen molar-refractivity contribution in [2.45, 2.75) is 30.9 Å². The van der Waals surface area contributed by atoms with Gasteiger partial charge in [-0.1, -0.05) is 29.8 Å². The summed E-state index contributed by atoms with van der Waals surface area (Å²) in [5.41, 5.74) is 1.88. The van der Waals surface area contributed by atoms with Gasteiger partial charge >= 0.3 is 0 Å². The molecule has 0 aromatic heterocycles. The normalized spacial score (nSPS) is 11.5. The van der Waals surface area contributed by atoms with E-state index in [0.29, 0.717) is 5.69 Å². The van der Waals surface area contributed by atoms with E-state index in [1.165, 1.54) is 12.1 Å². The monoisotopic (exact) mass is 317 g/mol. The number of hydrogen-bond donors (Lipinski definition) is 1. The molecule has 0 aliphatic rings. The van der Waals surface area contributed by atoms with Crippen LogP contribution < -0.4 is 5.32 Å². The van der Waals surface area contributed by atoms with Crippen molar-refractivity contribution in [1.82, 2.24) is 0 Å². The first-order valence-corrected chi connectivity index (χ1v) is 8.58. The molecule has 0 heterocycles. The molecule has 4 nitrogen and oxygen atoms in total. The molecule has 0 unspecified atom stereocenters. The molecule has 22 heavy (non-hydrogen) atoms.